The van der Waals surface area contributed by atoms with Gasteiger partial charge in [0.25, 0.3) is 0 Å². The predicted octanol–water partition coefficient (Wildman–Crippen LogP) is 4.19. The Hall–Kier alpha value is -1.71. The molecule has 5 heteroatoms. The lowest BCUT2D eigenvalue weighted by molar-refractivity contribution is -0.115. The van der Waals surface area contributed by atoms with Gasteiger partial charge < -0.3 is 10.4 Å². The molecule has 1 amide bonds. The van der Waals surface area contributed by atoms with Gasteiger partial charge in [-0.25, -0.2) is 0 Å². The SMILES string of the molecule is Cc1ccc(NC(=O)Cc2ccc(Cl)c(Cl)c2)cc1O. The van der Waals surface area contributed by atoms with Crippen molar-refractivity contribution in [2.24, 2.45) is 0 Å². The summed E-state index contributed by atoms with van der Waals surface area (Å²) in [5.41, 5.74) is 2.08. The molecular weight excluding hydrogens is 297 g/mol. The molecule has 0 radical (unpaired) electrons. The Morgan fingerprint density at radius 3 is 2.55 bits per heavy atom. The van der Waals surface area contributed by atoms with Gasteiger partial charge in [-0.05, 0) is 36.2 Å². The number of carbonyl (C=O) groups excluding carboxylic acids is 1. The summed E-state index contributed by atoms with van der Waals surface area (Å²) < 4.78 is 0. The number of carbonyl (C=O) groups is 1. The van der Waals surface area contributed by atoms with Crippen LogP contribution in [0.5, 0.6) is 5.75 Å². The molecule has 2 rings (SSSR count). The summed E-state index contributed by atoms with van der Waals surface area (Å²) in [6.07, 6.45) is 0.186. The van der Waals surface area contributed by atoms with E-state index in [0.717, 1.165) is 11.1 Å². The summed E-state index contributed by atoms with van der Waals surface area (Å²) in [6, 6.07) is 10.1. The largest absolute Gasteiger partial charge is 0.508 e. The molecule has 2 aromatic rings. The highest BCUT2D eigenvalue weighted by molar-refractivity contribution is 6.42. The highest BCUT2D eigenvalue weighted by atomic mass is 35.5. The number of phenolic OH excluding ortho intramolecular Hbond substituents is 1. The lowest BCUT2D eigenvalue weighted by atomic mass is 10.1. The topological polar surface area (TPSA) is 49.3 Å². The van der Waals surface area contributed by atoms with Crippen LogP contribution in [0.25, 0.3) is 0 Å². The molecule has 0 fully saturated rings. The van der Waals surface area contributed by atoms with E-state index in [-0.39, 0.29) is 18.1 Å². The van der Waals surface area contributed by atoms with Crippen molar-refractivity contribution in [1.29, 1.82) is 0 Å². The fraction of sp³-hybridized carbons (Fsp3) is 0.133. The first-order chi connectivity index (χ1) is 9.45. The van der Waals surface area contributed by atoms with Gasteiger partial charge in [0.2, 0.25) is 5.91 Å². The van der Waals surface area contributed by atoms with Crippen molar-refractivity contribution in [3.8, 4) is 5.75 Å². The monoisotopic (exact) mass is 309 g/mol. The van der Waals surface area contributed by atoms with E-state index in [2.05, 4.69) is 5.32 Å². The van der Waals surface area contributed by atoms with Crippen LogP contribution in [0.4, 0.5) is 5.69 Å². The average Bonchev–Trinajstić information content (AvgIpc) is 2.38. The second-order valence-corrected chi connectivity index (χ2v) is 5.29. The second-order valence-electron chi connectivity index (χ2n) is 4.47. The molecule has 0 spiro atoms. The Bertz CT molecular complexity index is 601. The van der Waals surface area contributed by atoms with Crippen LogP contribution in [0.2, 0.25) is 10.0 Å². The van der Waals surface area contributed by atoms with Crippen LogP contribution in [-0.4, -0.2) is 11.0 Å². The first-order valence-electron chi connectivity index (χ1n) is 5.99. The summed E-state index contributed by atoms with van der Waals surface area (Å²) in [5.74, 6) is -0.0380. The molecule has 20 heavy (non-hydrogen) atoms. The zero-order chi connectivity index (χ0) is 14.7. The third kappa shape index (κ3) is 3.65. The maximum atomic E-state index is 11.9. The molecule has 2 aromatic carbocycles. The first kappa shape index (κ1) is 14.7. The fourth-order valence-corrected chi connectivity index (χ4v) is 2.05. The summed E-state index contributed by atoms with van der Waals surface area (Å²) in [5, 5.41) is 13.2. The Morgan fingerprint density at radius 1 is 1.15 bits per heavy atom. The number of anilines is 1. The van der Waals surface area contributed by atoms with E-state index in [1.165, 1.54) is 6.07 Å². The van der Waals surface area contributed by atoms with Gasteiger partial charge in [-0.3, -0.25) is 4.79 Å². The molecule has 0 aliphatic carbocycles. The number of nitrogens with one attached hydrogen (secondary N) is 1. The van der Waals surface area contributed by atoms with Crippen LogP contribution >= 0.6 is 23.2 Å². The highest BCUT2D eigenvalue weighted by Crippen LogP contribution is 2.23. The van der Waals surface area contributed by atoms with Gasteiger partial charge in [0, 0.05) is 11.8 Å². The molecule has 0 unspecified atom stereocenters. The Kier molecular flexibility index (Phi) is 4.53. The zero-order valence-electron chi connectivity index (χ0n) is 10.8. The number of phenols is 1. The third-order valence-corrected chi connectivity index (χ3v) is 3.58. The van der Waals surface area contributed by atoms with Gasteiger partial charge in [-0.2, -0.15) is 0 Å². The summed E-state index contributed by atoms with van der Waals surface area (Å²) in [4.78, 5) is 11.9. The van der Waals surface area contributed by atoms with Crippen molar-refractivity contribution in [3.63, 3.8) is 0 Å². The van der Waals surface area contributed by atoms with E-state index in [1.807, 2.05) is 0 Å². The zero-order valence-corrected chi connectivity index (χ0v) is 12.3. The average molecular weight is 310 g/mol. The number of benzene rings is 2. The Balaban J connectivity index is 2.04. The second kappa shape index (κ2) is 6.16. The molecule has 104 valence electrons. The maximum Gasteiger partial charge on any atom is 0.228 e. The third-order valence-electron chi connectivity index (χ3n) is 2.84. The minimum atomic E-state index is -0.188. The van der Waals surface area contributed by atoms with Crippen molar-refractivity contribution in [3.05, 3.63) is 57.6 Å². The summed E-state index contributed by atoms with van der Waals surface area (Å²) >= 11 is 11.7. The Labute approximate surface area is 127 Å². The Morgan fingerprint density at radius 2 is 1.90 bits per heavy atom. The number of halogens is 2. The number of amides is 1. The van der Waals surface area contributed by atoms with E-state index < -0.39 is 0 Å². The number of aryl methyl sites for hydroxylation is 1. The molecule has 3 nitrogen and oxygen atoms in total. The quantitative estimate of drug-likeness (QED) is 0.893. The highest BCUT2D eigenvalue weighted by Gasteiger charge is 2.07. The molecule has 0 heterocycles. The van der Waals surface area contributed by atoms with Gasteiger partial charge in [0.1, 0.15) is 5.75 Å². The van der Waals surface area contributed by atoms with Crippen LogP contribution < -0.4 is 5.32 Å². The summed E-state index contributed by atoms with van der Waals surface area (Å²) in [7, 11) is 0. The molecule has 0 bridgehead atoms. The molecule has 0 aliphatic heterocycles. The molecular formula is C15H13Cl2NO2. The van der Waals surface area contributed by atoms with Gasteiger partial charge >= 0.3 is 0 Å². The minimum Gasteiger partial charge on any atom is -0.508 e. The number of hydrogen-bond donors (Lipinski definition) is 2. The van der Waals surface area contributed by atoms with Crippen LogP contribution in [0, 0.1) is 6.92 Å². The number of rotatable bonds is 3. The molecule has 0 atom stereocenters. The minimum absolute atomic E-state index is 0.150. The van der Waals surface area contributed by atoms with Crippen molar-refractivity contribution >= 4 is 34.8 Å². The van der Waals surface area contributed by atoms with Gasteiger partial charge in [-0.15, -0.1) is 0 Å². The van der Waals surface area contributed by atoms with Crippen molar-refractivity contribution in [2.75, 3.05) is 5.32 Å². The molecule has 0 aliphatic rings. The lowest BCUT2D eigenvalue weighted by Gasteiger charge is -2.07. The van der Waals surface area contributed by atoms with Crippen LogP contribution in [0.1, 0.15) is 11.1 Å². The van der Waals surface area contributed by atoms with E-state index in [0.29, 0.717) is 15.7 Å². The molecule has 0 saturated carbocycles. The van der Waals surface area contributed by atoms with Crippen LogP contribution in [-0.2, 0) is 11.2 Å². The molecule has 0 aromatic heterocycles. The maximum absolute atomic E-state index is 11.9. The smallest absolute Gasteiger partial charge is 0.228 e. The lowest BCUT2D eigenvalue weighted by Crippen LogP contribution is -2.14. The van der Waals surface area contributed by atoms with E-state index in [9.17, 15) is 9.90 Å². The predicted molar refractivity (Wildman–Crippen MR) is 81.6 cm³/mol. The standard InChI is InChI=1S/C15H13Cl2NO2/c1-9-2-4-11(8-14(9)19)18-15(20)7-10-3-5-12(16)13(17)6-10/h2-6,8,19H,7H2,1H3,(H,18,20). The first-order valence-corrected chi connectivity index (χ1v) is 6.74. The van der Waals surface area contributed by atoms with E-state index in [1.54, 1.807) is 37.3 Å². The van der Waals surface area contributed by atoms with Crippen molar-refractivity contribution in [1.82, 2.24) is 0 Å². The normalized spacial score (nSPS) is 10.3. The van der Waals surface area contributed by atoms with Gasteiger partial charge in [0.05, 0.1) is 16.5 Å². The number of hydrogen-bond acceptors (Lipinski definition) is 2. The van der Waals surface area contributed by atoms with Gasteiger partial charge in [0.15, 0.2) is 0 Å². The fourth-order valence-electron chi connectivity index (χ4n) is 1.73. The van der Waals surface area contributed by atoms with Crippen LogP contribution in [0.3, 0.4) is 0 Å². The van der Waals surface area contributed by atoms with Crippen LogP contribution in [0.15, 0.2) is 36.4 Å². The van der Waals surface area contributed by atoms with Crippen molar-refractivity contribution in [2.45, 2.75) is 13.3 Å². The number of aromatic hydroxyl groups is 1. The van der Waals surface area contributed by atoms with Gasteiger partial charge in [-0.1, -0.05) is 35.3 Å². The molecule has 0 saturated heterocycles. The summed E-state index contributed by atoms with van der Waals surface area (Å²) in [6.45, 7) is 1.79. The van der Waals surface area contributed by atoms with E-state index in [4.69, 9.17) is 23.2 Å². The van der Waals surface area contributed by atoms with Crippen molar-refractivity contribution < 1.29 is 9.90 Å². The molecule has 2 N–H and O–H groups in total. The van der Waals surface area contributed by atoms with E-state index >= 15 is 0 Å².